The number of ether oxygens (including phenoxy) is 1. The number of carbonyl (C=O) groups is 1. The van der Waals surface area contributed by atoms with Crippen molar-refractivity contribution < 1.29 is 9.53 Å². The van der Waals surface area contributed by atoms with Gasteiger partial charge in [-0.05, 0) is 61.5 Å². The van der Waals surface area contributed by atoms with E-state index >= 15 is 0 Å². The Kier molecular flexibility index (Phi) is 4.98. The van der Waals surface area contributed by atoms with Gasteiger partial charge in [0.1, 0.15) is 0 Å². The topological polar surface area (TPSA) is 38.3 Å². The highest BCUT2D eigenvalue weighted by molar-refractivity contribution is 5.84. The Morgan fingerprint density at radius 1 is 1.25 bits per heavy atom. The number of anilines is 1. The first kappa shape index (κ1) is 17.1. The molecule has 1 aromatic rings. The Morgan fingerprint density at radius 2 is 2.00 bits per heavy atom. The van der Waals surface area contributed by atoms with Crippen LogP contribution in [-0.2, 0) is 4.74 Å². The number of benzene rings is 1. The van der Waals surface area contributed by atoms with E-state index < -0.39 is 0 Å². The van der Waals surface area contributed by atoms with Crippen molar-refractivity contribution in [2.75, 3.05) is 11.9 Å². The van der Waals surface area contributed by atoms with Gasteiger partial charge in [0.15, 0.2) is 0 Å². The molecule has 2 atom stereocenters. The van der Waals surface area contributed by atoms with E-state index in [1.54, 1.807) is 11.1 Å². The predicted molar refractivity (Wildman–Crippen MR) is 98.0 cm³/mol. The number of carbonyl (C=O) groups excluding carboxylic acids is 1. The van der Waals surface area contributed by atoms with E-state index in [4.69, 9.17) is 4.74 Å². The summed E-state index contributed by atoms with van der Waals surface area (Å²) >= 11 is 0. The van der Waals surface area contributed by atoms with Crippen LogP contribution in [0.5, 0.6) is 0 Å². The highest BCUT2D eigenvalue weighted by Gasteiger charge is 2.36. The first-order chi connectivity index (χ1) is 11.5. The second-order valence-electron chi connectivity index (χ2n) is 8.05. The van der Waals surface area contributed by atoms with Gasteiger partial charge in [0, 0.05) is 5.69 Å². The van der Waals surface area contributed by atoms with Crippen molar-refractivity contribution in [3.8, 4) is 0 Å². The molecule has 130 valence electrons. The lowest BCUT2D eigenvalue weighted by molar-refractivity contribution is 0.115. The summed E-state index contributed by atoms with van der Waals surface area (Å²) in [5.41, 5.74) is 4.42. The zero-order chi connectivity index (χ0) is 17.2. The Hall–Kier alpha value is -1.77. The fraction of sp³-hybridized carbons (Fsp3) is 0.571. The summed E-state index contributed by atoms with van der Waals surface area (Å²) in [5.74, 6) is 1.02. The highest BCUT2D eigenvalue weighted by atomic mass is 16.5. The van der Waals surface area contributed by atoms with Gasteiger partial charge in [-0.2, -0.15) is 0 Å². The van der Waals surface area contributed by atoms with Crippen LogP contribution >= 0.6 is 0 Å². The van der Waals surface area contributed by atoms with Crippen molar-refractivity contribution >= 4 is 11.8 Å². The van der Waals surface area contributed by atoms with E-state index in [1.165, 1.54) is 25.7 Å². The number of hydrogen-bond donors (Lipinski definition) is 1. The zero-order valence-electron chi connectivity index (χ0n) is 15.1. The van der Waals surface area contributed by atoms with Crippen molar-refractivity contribution in [2.24, 2.45) is 17.3 Å². The van der Waals surface area contributed by atoms with Crippen LogP contribution in [0.4, 0.5) is 10.5 Å². The molecular formula is C21H29NO2. The molecule has 3 nitrogen and oxygen atoms in total. The Labute approximate surface area is 145 Å². The Morgan fingerprint density at radius 3 is 2.75 bits per heavy atom. The van der Waals surface area contributed by atoms with E-state index in [0.717, 1.165) is 12.1 Å². The molecule has 0 fully saturated rings. The summed E-state index contributed by atoms with van der Waals surface area (Å²) in [5, 5.41) is 2.80. The Balaban J connectivity index is 1.58. The standard InChI is InChI=1S/C21H29NO2/c1-15-12-16-8-7-11-21(2,3)19(16)13-17(15)14-24-20(23)22-18-9-5-4-6-10-18/h4-6,9-10,15,17H,7-8,11-14H2,1-3H3,(H,22,23). The number of nitrogens with one attached hydrogen (secondary N) is 1. The molecule has 1 amide bonds. The van der Waals surface area contributed by atoms with E-state index in [0.29, 0.717) is 23.9 Å². The first-order valence-corrected chi connectivity index (χ1v) is 9.16. The van der Waals surface area contributed by atoms with E-state index in [1.807, 2.05) is 30.3 Å². The number of hydrogen-bond acceptors (Lipinski definition) is 2. The van der Waals surface area contributed by atoms with E-state index in [2.05, 4.69) is 26.1 Å². The highest BCUT2D eigenvalue weighted by Crippen LogP contribution is 2.49. The summed E-state index contributed by atoms with van der Waals surface area (Å²) in [6.07, 6.45) is 5.78. The molecule has 3 heteroatoms. The van der Waals surface area contributed by atoms with Crippen LogP contribution in [-0.4, -0.2) is 12.7 Å². The third-order valence-corrected chi connectivity index (χ3v) is 5.81. The molecule has 3 rings (SSSR count). The maximum Gasteiger partial charge on any atom is 0.411 e. The minimum absolute atomic E-state index is 0.318. The van der Waals surface area contributed by atoms with Crippen LogP contribution in [0.15, 0.2) is 41.5 Å². The fourth-order valence-corrected chi connectivity index (χ4v) is 4.27. The predicted octanol–water partition coefficient (Wildman–Crippen LogP) is 5.79. The minimum Gasteiger partial charge on any atom is -0.449 e. The summed E-state index contributed by atoms with van der Waals surface area (Å²) in [6.45, 7) is 7.55. The second kappa shape index (κ2) is 7.00. The molecule has 2 aliphatic carbocycles. The largest absolute Gasteiger partial charge is 0.449 e. The van der Waals surface area contributed by atoms with Gasteiger partial charge in [0.25, 0.3) is 0 Å². The van der Waals surface area contributed by atoms with E-state index in [-0.39, 0.29) is 6.09 Å². The summed E-state index contributed by atoms with van der Waals surface area (Å²) in [6, 6.07) is 9.46. The van der Waals surface area contributed by atoms with Crippen LogP contribution < -0.4 is 5.32 Å². The molecule has 0 bridgehead atoms. The smallest absolute Gasteiger partial charge is 0.411 e. The van der Waals surface area contributed by atoms with Gasteiger partial charge >= 0.3 is 6.09 Å². The maximum absolute atomic E-state index is 12.0. The average Bonchev–Trinajstić information content (AvgIpc) is 2.54. The van der Waals surface area contributed by atoms with Crippen molar-refractivity contribution in [1.29, 1.82) is 0 Å². The van der Waals surface area contributed by atoms with Gasteiger partial charge in [-0.15, -0.1) is 0 Å². The van der Waals surface area contributed by atoms with Crippen LogP contribution in [0.3, 0.4) is 0 Å². The van der Waals surface area contributed by atoms with Gasteiger partial charge in [-0.1, -0.05) is 50.1 Å². The zero-order valence-corrected chi connectivity index (χ0v) is 15.1. The van der Waals surface area contributed by atoms with Gasteiger partial charge in [-0.25, -0.2) is 4.79 Å². The quantitative estimate of drug-likeness (QED) is 0.714. The number of rotatable bonds is 3. The van der Waals surface area contributed by atoms with Crippen LogP contribution in [0.25, 0.3) is 0 Å². The summed E-state index contributed by atoms with van der Waals surface area (Å²) in [4.78, 5) is 12.0. The molecule has 0 spiro atoms. The van der Waals surface area contributed by atoms with Gasteiger partial charge in [0.2, 0.25) is 0 Å². The molecule has 0 heterocycles. The minimum atomic E-state index is -0.351. The lowest BCUT2D eigenvalue weighted by Crippen LogP contribution is -2.32. The lowest BCUT2D eigenvalue weighted by atomic mass is 9.63. The number of para-hydroxylation sites is 1. The van der Waals surface area contributed by atoms with Crippen LogP contribution in [0.2, 0.25) is 0 Å². The van der Waals surface area contributed by atoms with Crippen LogP contribution in [0, 0.1) is 17.3 Å². The SMILES string of the molecule is CC1CC2=C(CC1COC(=O)Nc1ccccc1)C(C)(C)CCC2. The van der Waals surface area contributed by atoms with Crippen molar-refractivity contribution in [3.05, 3.63) is 41.5 Å². The molecule has 2 unspecified atom stereocenters. The number of allylic oxidation sites excluding steroid dienone is 2. The second-order valence-corrected chi connectivity index (χ2v) is 8.05. The monoisotopic (exact) mass is 327 g/mol. The van der Waals surface area contributed by atoms with Gasteiger partial charge in [-0.3, -0.25) is 5.32 Å². The molecule has 2 aliphatic rings. The third kappa shape index (κ3) is 3.82. The summed E-state index contributed by atoms with van der Waals surface area (Å²) in [7, 11) is 0. The average molecular weight is 327 g/mol. The maximum atomic E-state index is 12.0. The molecular weight excluding hydrogens is 298 g/mol. The molecule has 0 aromatic heterocycles. The van der Waals surface area contributed by atoms with Gasteiger partial charge < -0.3 is 4.74 Å². The lowest BCUT2D eigenvalue weighted by Gasteiger charge is -2.42. The summed E-state index contributed by atoms with van der Waals surface area (Å²) < 4.78 is 5.53. The van der Waals surface area contributed by atoms with Crippen molar-refractivity contribution in [2.45, 2.75) is 52.9 Å². The molecule has 1 N–H and O–H groups in total. The van der Waals surface area contributed by atoms with Gasteiger partial charge in [0.05, 0.1) is 6.61 Å². The molecule has 0 radical (unpaired) electrons. The first-order valence-electron chi connectivity index (χ1n) is 9.16. The number of amides is 1. The molecule has 0 aliphatic heterocycles. The van der Waals surface area contributed by atoms with Crippen molar-refractivity contribution in [1.82, 2.24) is 0 Å². The normalized spacial score (nSPS) is 25.8. The third-order valence-electron chi connectivity index (χ3n) is 5.81. The Bertz CT molecular complexity index is 618. The van der Waals surface area contributed by atoms with E-state index in [9.17, 15) is 4.79 Å². The molecule has 0 saturated heterocycles. The fourth-order valence-electron chi connectivity index (χ4n) is 4.27. The molecule has 1 aromatic carbocycles. The van der Waals surface area contributed by atoms with Crippen molar-refractivity contribution in [3.63, 3.8) is 0 Å². The molecule has 24 heavy (non-hydrogen) atoms. The molecule has 0 saturated carbocycles. The van der Waals surface area contributed by atoms with Crippen LogP contribution in [0.1, 0.15) is 52.9 Å².